The fraction of sp³-hybridized carbons (Fsp3) is 0.591. The zero-order chi connectivity index (χ0) is 19.4. The van der Waals surface area contributed by atoms with Gasteiger partial charge in [0.05, 0.1) is 6.54 Å². The number of aliphatic imine (C=N–C) groups is 1. The van der Waals surface area contributed by atoms with E-state index < -0.39 is 0 Å². The lowest BCUT2D eigenvalue weighted by atomic mass is 9.73. The Bertz CT molecular complexity index is 807. The van der Waals surface area contributed by atoms with Crippen LogP contribution in [-0.2, 0) is 6.54 Å². The van der Waals surface area contributed by atoms with Crippen molar-refractivity contribution in [3.63, 3.8) is 0 Å². The molecule has 0 atom stereocenters. The van der Waals surface area contributed by atoms with Crippen molar-refractivity contribution in [3.8, 4) is 5.82 Å². The number of aryl methyl sites for hydroxylation is 1. The molecule has 2 aromatic rings. The van der Waals surface area contributed by atoms with Crippen LogP contribution < -0.4 is 5.32 Å². The quantitative estimate of drug-likeness (QED) is 0.380. The van der Waals surface area contributed by atoms with Crippen LogP contribution in [-0.4, -0.2) is 45.0 Å². The van der Waals surface area contributed by atoms with Crippen LogP contribution in [0.1, 0.15) is 56.8 Å². The fourth-order valence-electron chi connectivity index (χ4n) is 4.69. The zero-order valence-electron chi connectivity index (χ0n) is 17.6. The van der Waals surface area contributed by atoms with Crippen molar-refractivity contribution in [1.82, 2.24) is 24.8 Å². The molecule has 0 unspecified atom stereocenters. The van der Waals surface area contributed by atoms with E-state index in [0.717, 1.165) is 42.8 Å². The molecule has 2 aromatic heterocycles. The fourth-order valence-corrected chi connectivity index (χ4v) is 4.69. The number of hydrogen-bond donors (Lipinski definition) is 1. The van der Waals surface area contributed by atoms with Gasteiger partial charge >= 0.3 is 0 Å². The van der Waals surface area contributed by atoms with Gasteiger partial charge in [-0.2, -0.15) is 0 Å². The molecule has 29 heavy (non-hydrogen) atoms. The largest absolute Gasteiger partial charge is 0.357 e. The summed E-state index contributed by atoms with van der Waals surface area (Å²) < 4.78 is 1.99. The van der Waals surface area contributed by atoms with E-state index in [2.05, 4.69) is 33.2 Å². The van der Waals surface area contributed by atoms with Crippen LogP contribution in [0, 0.1) is 12.3 Å². The molecule has 3 heterocycles. The summed E-state index contributed by atoms with van der Waals surface area (Å²) in [5.74, 6) is 2.89. The van der Waals surface area contributed by atoms with Gasteiger partial charge in [-0.05, 0) is 50.2 Å². The number of nitrogens with zero attached hydrogens (tertiary/aromatic N) is 5. The van der Waals surface area contributed by atoms with Crippen LogP contribution in [0.25, 0.3) is 5.82 Å². The molecule has 2 aliphatic rings. The molecule has 158 valence electrons. The van der Waals surface area contributed by atoms with Crippen molar-refractivity contribution in [2.75, 3.05) is 19.6 Å². The third-order valence-corrected chi connectivity index (χ3v) is 6.28. The molecule has 1 aliphatic carbocycles. The molecule has 2 fully saturated rings. The second-order valence-corrected chi connectivity index (χ2v) is 8.27. The topological polar surface area (TPSA) is 58.3 Å². The van der Waals surface area contributed by atoms with Gasteiger partial charge in [0, 0.05) is 38.2 Å². The van der Waals surface area contributed by atoms with E-state index in [-0.39, 0.29) is 24.0 Å². The van der Waals surface area contributed by atoms with Crippen LogP contribution >= 0.6 is 24.0 Å². The van der Waals surface area contributed by atoms with Crippen LogP contribution in [0.2, 0.25) is 0 Å². The summed E-state index contributed by atoms with van der Waals surface area (Å²) in [7, 11) is 0. The van der Waals surface area contributed by atoms with Crippen LogP contribution in [0.5, 0.6) is 0 Å². The average Bonchev–Trinajstić information content (AvgIpc) is 3.33. The molecular weight excluding hydrogens is 475 g/mol. The molecule has 1 N–H and O–H groups in total. The molecule has 6 nitrogen and oxygen atoms in total. The molecule has 0 aromatic carbocycles. The van der Waals surface area contributed by atoms with Gasteiger partial charge in [0.15, 0.2) is 5.96 Å². The Morgan fingerprint density at radius 1 is 1.17 bits per heavy atom. The Morgan fingerprint density at radius 2 is 2.00 bits per heavy atom. The number of hydrogen-bond acceptors (Lipinski definition) is 3. The lowest BCUT2D eigenvalue weighted by Gasteiger charge is -2.33. The lowest BCUT2D eigenvalue weighted by Crippen LogP contribution is -2.41. The standard InChI is InChI=1S/C22H32N6.HI/c1-3-23-21(27-13-11-22(17-27)9-5-4-6-10-22)26-16-19-7-8-20(25-15-19)28-14-12-24-18(28)2;/h7-8,12,14-15H,3-6,9-11,13,16-17H2,1-2H3,(H,23,26);1H. The highest BCUT2D eigenvalue weighted by Crippen LogP contribution is 2.43. The summed E-state index contributed by atoms with van der Waals surface area (Å²) in [6.07, 6.45) is 14.0. The van der Waals surface area contributed by atoms with Crippen molar-refractivity contribution in [2.24, 2.45) is 10.4 Å². The summed E-state index contributed by atoms with van der Waals surface area (Å²) in [6, 6.07) is 4.15. The highest BCUT2D eigenvalue weighted by Gasteiger charge is 2.39. The van der Waals surface area contributed by atoms with E-state index in [0.29, 0.717) is 12.0 Å². The number of guanidine groups is 1. The van der Waals surface area contributed by atoms with E-state index in [9.17, 15) is 0 Å². The third-order valence-electron chi connectivity index (χ3n) is 6.28. The number of pyridine rings is 1. The Labute approximate surface area is 191 Å². The van der Waals surface area contributed by atoms with Crippen molar-refractivity contribution >= 4 is 29.9 Å². The zero-order valence-corrected chi connectivity index (χ0v) is 19.9. The normalized spacial score (nSPS) is 18.7. The van der Waals surface area contributed by atoms with Gasteiger partial charge < -0.3 is 10.2 Å². The predicted octanol–water partition coefficient (Wildman–Crippen LogP) is 4.32. The highest BCUT2D eigenvalue weighted by atomic mass is 127. The van der Waals surface area contributed by atoms with Crippen LogP contribution in [0.15, 0.2) is 35.7 Å². The molecule has 1 aliphatic heterocycles. The first-order chi connectivity index (χ1) is 13.7. The Balaban J connectivity index is 0.00000240. The molecular formula is C22H33IN6. The number of likely N-dealkylation sites (tertiary alicyclic amines) is 1. The summed E-state index contributed by atoms with van der Waals surface area (Å²) >= 11 is 0. The Morgan fingerprint density at radius 3 is 2.66 bits per heavy atom. The third kappa shape index (κ3) is 5.10. The first-order valence-corrected chi connectivity index (χ1v) is 10.7. The Hall–Kier alpha value is -1.64. The number of rotatable bonds is 4. The monoisotopic (exact) mass is 508 g/mol. The number of nitrogens with one attached hydrogen (secondary N) is 1. The van der Waals surface area contributed by atoms with Gasteiger partial charge in [-0.3, -0.25) is 4.57 Å². The van der Waals surface area contributed by atoms with Gasteiger partial charge in [-0.15, -0.1) is 24.0 Å². The second kappa shape index (κ2) is 9.91. The van der Waals surface area contributed by atoms with Gasteiger partial charge in [0.1, 0.15) is 11.6 Å². The molecule has 0 bridgehead atoms. The van der Waals surface area contributed by atoms with E-state index in [1.54, 1.807) is 6.20 Å². The number of aromatic nitrogens is 3. The van der Waals surface area contributed by atoms with Crippen molar-refractivity contribution in [1.29, 1.82) is 0 Å². The first kappa shape index (κ1) is 22.1. The molecule has 1 saturated heterocycles. The van der Waals surface area contributed by atoms with Gasteiger partial charge in [0.25, 0.3) is 0 Å². The minimum atomic E-state index is 0. The van der Waals surface area contributed by atoms with Crippen molar-refractivity contribution < 1.29 is 0 Å². The summed E-state index contributed by atoms with van der Waals surface area (Å²) in [4.78, 5) is 16.3. The molecule has 7 heteroatoms. The summed E-state index contributed by atoms with van der Waals surface area (Å²) in [5.41, 5.74) is 1.67. The smallest absolute Gasteiger partial charge is 0.194 e. The maximum absolute atomic E-state index is 4.93. The average molecular weight is 508 g/mol. The minimum Gasteiger partial charge on any atom is -0.357 e. The predicted molar refractivity (Wildman–Crippen MR) is 128 cm³/mol. The molecule has 1 spiro atoms. The summed E-state index contributed by atoms with van der Waals surface area (Å²) in [5, 5.41) is 3.50. The van der Waals surface area contributed by atoms with Crippen molar-refractivity contribution in [2.45, 2.75) is 58.9 Å². The van der Waals surface area contributed by atoms with E-state index in [1.165, 1.54) is 38.5 Å². The molecule has 1 saturated carbocycles. The summed E-state index contributed by atoms with van der Waals surface area (Å²) in [6.45, 7) is 7.98. The van der Waals surface area contributed by atoms with E-state index >= 15 is 0 Å². The highest BCUT2D eigenvalue weighted by molar-refractivity contribution is 14.0. The van der Waals surface area contributed by atoms with Gasteiger partial charge in [-0.25, -0.2) is 15.0 Å². The molecule has 0 radical (unpaired) electrons. The van der Waals surface area contributed by atoms with Crippen molar-refractivity contribution in [3.05, 3.63) is 42.1 Å². The second-order valence-electron chi connectivity index (χ2n) is 8.27. The Kier molecular flexibility index (Phi) is 7.54. The van der Waals surface area contributed by atoms with Crippen LogP contribution in [0.3, 0.4) is 0 Å². The molecule has 4 rings (SSSR count). The van der Waals surface area contributed by atoms with Gasteiger partial charge in [0.2, 0.25) is 0 Å². The van der Waals surface area contributed by atoms with Gasteiger partial charge in [-0.1, -0.05) is 25.3 Å². The number of imidazole rings is 1. The molecule has 0 amide bonds. The maximum Gasteiger partial charge on any atom is 0.194 e. The minimum absolute atomic E-state index is 0. The number of halogens is 1. The lowest BCUT2D eigenvalue weighted by molar-refractivity contribution is 0.203. The van der Waals surface area contributed by atoms with Crippen LogP contribution in [0.4, 0.5) is 0 Å². The van der Waals surface area contributed by atoms with E-state index in [1.807, 2.05) is 30.0 Å². The van der Waals surface area contributed by atoms with E-state index in [4.69, 9.17) is 4.99 Å². The maximum atomic E-state index is 4.93. The SMILES string of the molecule is CCNC(=NCc1ccc(-n2ccnc2C)nc1)N1CCC2(CCCCC2)C1.I. The first-order valence-electron chi connectivity index (χ1n) is 10.7.